The number of carboxylic acid groups (broad SMARTS) is 1. The normalized spacial score (nSPS) is 11.9. The number of carbonyl (C=O) groups excluding carboxylic acids is 1. The number of benzene rings is 1. The second kappa shape index (κ2) is 4.79. The van der Waals surface area contributed by atoms with E-state index in [-0.39, 0.29) is 5.56 Å². The summed E-state index contributed by atoms with van der Waals surface area (Å²) in [5, 5.41) is 27.0. The number of phenols is 1. The number of hydrogen-bond acceptors (Lipinski definition) is 5. The molecule has 7 heteroatoms. The number of aliphatic hydroxyl groups is 1. The molecule has 3 N–H and O–H groups in total. The first-order chi connectivity index (χ1) is 7.88. The van der Waals surface area contributed by atoms with E-state index in [1.165, 1.54) is 0 Å². The summed E-state index contributed by atoms with van der Waals surface area (Å²) in [6.07, 6.45) is -1.99. The first-order valence-corrected chi connectivity index (χ1v) is 4.40. The monoisotopic (exact) mass is 244 g/mol. The highest BCUT2D eigenvalue weighted by Crippen LogP contribution is 2.27. The summed E-state index contributed by atoms with van der Waals surface area (Å²) in [5.74, 6) is -4.83. The maximum Gasteiger partial charge on any atom is 0.341 e. The van der Waals surface area contributed by atoms with Crippen LogP contribution < -0.4 is 0 Å². The molecule has 1 unspecified atom stereocenters. The predicted molar refractivity (Wildman–Crippen MR) is 52.0 cm³/mol. The maximum absolute atomic E-state index is 13.2. The van der Waals surface area contributed by atoms with Crippen molar-refractivity contribution < 1.29 is 34.0 Å². The minimum absolute atomic E-state index is 0.367. The third-order valence-electron chi connectivity index (χ3n) is 2.04. The van der Waals surface area contributed by atoms with Crippen molar-refractivity contribution in [2.24, 2.45) is 0 Å². The van der Waals surface area contributed by atoms with E-state index >= 15 is 0 Å². The first kappa shape index (κ1) is 12.9. The highest BCUT2D eigenvalue weighted by Gasteiger charge is 2.23. The van der Waals surface area contributed by atoms with Gasteiger partial charge in [-0.3, -0.25) is 0 Å². The molecule has 92 valence electrons. The number of halogens is 1. The molecule has 1 rings (SSSR count). The van der Waals surface area contributed by atoms with Crippen molar-refractivity contribution in [3.63, 3.8) is 0 Å². The molecule has 0 aliphatic carbocycles. The van der Waals surface area contributed by atoms with Gasteiger partial charge in [-0.15, -0.1) is 0 Å². The van der Waals surface area contributed by atoms with Gasteiger partial charge in [0.25, 0.3) is 0 Å². The second-order valence-corrected chi connectivity index (χ2v) is 3.13. The average molecular weight is 244 g/mol. The van der Waals surface area contributed by atoms with Gasteiger partial charge in [0.05, 0.1) is 7.11 Å². The van der Waals surface area contributed by atoms with E-state index in [1.54, 1.807) is 0 Å². The van der Waals surface area contributed by atoms with E-state index in [4.69, 9.17) is 5.11 Å². The number of ether oxygens (including phenoxy) is 1. The van der Waals surface area contributed by atoms with E-state index < -0.39 is 35.2 Å². The maximum atomic E-state index is 13.2. The lowest BCUT2D eigenvalue weighted by atomic mass is 10.0. The quantitative estimate of drug-likeness (QED) is 0.666. The Morgan fingerprint density at radius 2 is 2.00 bits per heavy atom. The number of hydrogen-bond donors (Lipinski definition) is 3. The van der Waals surface area contributed by atoms with Crippen LogP contribution in [0.5, 0.6) is 5.75 Å². The van der Waals surface area contributed by atoms with E-state index in [0.29, 0.717) is 6.07 Å². The number of aromatic hydroxyl groups is 1. The molecule has 0 aliphatic heterocycles. The largest absolute Gasteiger partial charge is 0.504 e. The standard InChI is InChI=1S/C10H9FO6/c1-17-10(16)5-2-4(7(12)9(14)15)3-6(11)8(5)13/h2-3,7,12-13H,1H3,(H,14,15). The lowest BCUT2D eigenvalue weighted by molar-refractivity contribution is -0.146. The molecule has 1 atom stereocenters. The molecular weight excluding hydrogens is 235 g/mol. The lowest BCUT2D eigenvalue weighted by Crippen LogP contribution is -2.12. The highest BCUT2D eigenvalue weighted by molar-refractivity contribution is 5.93. The summed E-state index contributed by atoms with van der Waals surface area (Å²) >= 11 is 0. The number of carbonyl (C=O) groups is 2. The Hall–Kier alpha value is -2.15. The average Bonchev–Trinajstić information content (AvgIpc) is 2.30. The minimum atomic E-state index is -1.99. The zero-order valence-corrected chi connectivity index (χ0v) is 8.68. The zero-order valence-electron chi connectivity index (χ0n) is 8.68. The molecule has 6 nitrogen and oxygen atoms in total. The van der Waals surface area contributed by atoms with Crippen molar-refractivity contribution in [3.8, 4) is 5.75 Å². The van der Waals surface area contributed by atoms with Gasteiger partial charge in [-0.05, 0) is 17.7 Å². The number of methoxy groups -OCH3 is 1. The van der Waals surface area contributed by atoms with Crippen LogP contribution in [0.1, 0.15) is 22.0 Å². The summed E-state index contributed by atoms with van der Waals surface area (Å²) in [7, 11) is 1.01. The Labute approximate surface area is 94.9 Å². The van der Waals surface area contributed by atoms with Gasteiger partial charge in [-0.25, -0.2) is 14.0 Å². The zero-order chi connectivity index (χ0) is 13.2. The third kappa shape index (κ3) is 2.51. The van der Waals surface area contributed by atoms with Gasteiger partial charge in [-0.2, -0.15) is 0 Å². The Morgan fingerprint density at radius 1 is 1.41 bits per heavy atom. The van der Waals surface area contributed by atoms with Crippen LogP contribution in [0.4, 0.5) is 4.39 Å². The van der Waals surface area contributed by atoms with Gasteiger partial charge in [-0.1, -0.05) is 0 Å². The van der Waals surface area contributed by atoms with Crippen molar-refractivity contribution in [2.75, 3.05) is 7.11 Å². The lowest BCUT2D eigenvalue weighted by Gasteiger charge is -2.09. The molecule has 1 aromatic carbocycles. The van der Waals surface area contributed by atoms with Gasteiger partial charge in [0, 0.05) is 0 Å². The summed E-state index contributed by atoms with van der Waals surface area (Å²) in [5.41, 5.74) is -0.920. The van der Waals surface area contributed by atoms with Crippen LogP contribution in [0, 0.1) is 5.82 Å². The molecule has 17 heavy (non-hydrogen) atoms. The Bertz CT molecular complexity index is 470. The van der Waals surface area contributed by atoms with Crippen LogP contribution in [-0.2, 0) is 9.53 Å². The Kier molecular flexibility index (Phi) is 3.64. The first-order valence-electron chi connectivity index (χ1n) is 4.40. The predicted octanol–water partition coefficient (Wildman–Crippen LogP) is 0.436. The molecule has 0 saturated carbocycles. The van der Waals surface area contributed by atoms with Gasteiger partial charge in [0.2, 0.25) is 0 Å². The summed E-state index contributed by atoms with van der Waals surface area (Å²) in [6, 6.07) is 1.48. The topological polar surface area (TPSA) is 104 Å². The van der Waals surface area contributed by atoms with Gasteiger partial charge < -0.3 is 20.1 Å². The fourth-order valence-electron chi connectivity index (χ4n) is 1.19. The smallest absolute Gasteiger partial charge is 0.341 e. The van der Waals surface area contributed by atoms with Crippen LogP contribution in [0.25, 0.3) is 0 Å². The van der Waals surface area contributed by atoms with Gasteiger partial charge in [0.1, 0.15) is 5.56 Å². The van der Waals surface area contributed by atoms with Crippen LogP contribution in [0.15, 0.2) is 12.1 Å². The van der Waals surface area contributed by atoms with Crippen LogP contribution in [-0.4, -0.2) is 34.4 Å². The molecule has 0 spiro atoms. The van der Waals surface area contributed by atoms with E-state index in [1.807, 2.05) is 0 Å². The molecule has 0 amide bonds. The van der Waals surface area contributed by atoms with E-state index in [0.717, 1.165) is 13.2 Å². The van der Waals surface area contributed by atoms with Crippen molar-refractivity contribution in [1.29, 1.82) is 0 Å². The van der Waals surface area contributed by atoms with Crippen molar-refractivity contribution in [3.05, 3.63) is 29.1 Å². The van der Waals surface area contributed by atoms with Crippen molar-refractivity contribution in [1.82, 2.24) is 0 Å². The van der Waals surface area contributed by atoms with Crippen LogP contribution in [0.3, 0.4) is 0 Å². The molecule has 0 bridgehead atoms. The molecule has 0 fully saturated rings. The summed E-state index contributed by atoms with van der Waals surface area (Å²) < 4.78 is 17.5. The summed E-state index contributed by atoms with van der Waals surface area (Å²) in [4.78, 5) is 21.6. The number of aliphatic carboxylic acids is 1. The van der Waals surface area contributed by atoms with E-state index in [9.17, 15) is 24.2 Å². The van der Waals surface area contributed by atoms with Gasteiger partial charge >= 0.3 is 11.9 Å². The Balaban J connectivity index is 3.33. The number of rotatable bonds is 3. The third-order valence-corrected chi connectivity index (χ3v) is 2.04. The van der Waals surface area contributed by atoms with Crippen LogP contribution in [0.2, 0.25) is 0 Å². The van der Waals surface area contributed by atoms with Gasteiger partial charge in [0.15, 0.2) is 17.7 Å². The molecule has 0 heterocycles. The number of phenolic OH excluding ortho intramolecular Hbond substituents is 1. The SMILES string of the molecule is COC(=O)c1cc(C(O)C(=O)O)cc(F)c1O. The van der Waals surface area contributed by atoms with Crippen molar-refractivity contribution >= 4 is 11.9 Å². The van der Waals surface area contributed by atoms with Crippen molar-refractivity contribution in [2.45, 2.75) is 6.10 Å². The van der Waals surface area contributed by atoms with E-state index in [2.05, 4.69) is 4.74 Å². The highest BCUT2D eigenvalue weighted by atomic mass is 19.1. The number of carboxylic acids is 1. The molecule has 0 aromatic heterocycles. The second-order valence-electron chi connectivity index (χ2n) is 3.13. The Morgan fingerprint density at radius 3 is 2.47 bits per heavy atom. The minimum Gasteiger partial charge on any atom is -0.504 e. The summed E-state index contributed by atoms with van der Waals surface area (Å²) in [6.45, 7) is 0. The fourth-order valence-corrected chi connectivity index (χ4v) is 1.19. The number of esters is 1. The molecule has 0 aliphatic rings. The molecule has 0 radical (unpaired) electrons. The number of aliphatic hydroxyl groups excluding tert-OH is 1. The molecule has 1 aromatic rings. The fraction of sp³-hybridized carbons (Fsp3) is 0.200. The molecular formula is C10H9FO6. The molecule has 0 saturated heterocycles. The van der Waals surface area contributed by atoms with Crippen LogP contribution >= 0.6 is 0 Å².